The maximum atomic E-state index is 12.6. The molecule has 0 aromatic heterocycles. The summed E-state index contributed by atoms with van der Waals surface area (Å²) in [5, 5.41) is -0.685. The highest BCUT2D eigenvalue weighted by Gasteiger charge is 2.20. The first-order chi connectivity index (χ1) is 7.00. The van der Waals surface area contributed by atoms with E-state index in [1.807, 2.05) is 0 Å². The second kappa shape index (κ2) is 5.07. The summed E-state index contributed by atoms with van der Waals surface area (Å²) in [5.74, 6) is -0.699. The maximum absolute atomic E-state index is 12.6. The molecular weight excluding hydrogens is 215 g/mol. The molecule has 0 spiro atoms. The Morgan fingerprint density at radius 2 is 1.60 bits per heavy atom. The molecule has 0 atom stereocenters. The highest BCUT2D eigenvalue weighted by molar-refractivity contribution is 8.01. The average molecular weight is 226 g/mol. The molecular formula is C11H11FO2S. The van der Waals surface area contributed by atoms with Crippen LogP contribution in [0.3, 0.4) is 0 Å². The Morgan fingerprint density at radius 1 is 1.13 bits per heavy atom. The molecule has 0 aliphatic heterocycles. The highest BCUT2D eigenvalue weighted by atomic mass is 32.2. The second-order valence-corrected chi connectivity index (χ2v) is 4.35. The Labute approximate surface area is 91.9 Å². The standard InChI is InChI=1S/C11H11FO2S/c1-7(13)11(8(2)14)15-10-5-3-9(12)4-6-10/h3-6,11H,1-2H3. The highest BCUT2D eigenvalue weighted by Crippen LogP contribution is 2.24. The van der Waals surface area contributed by atoms with Gasteiger partial charge in [0.1, 0.15) is 11.1 Å². The third-order valence-corrected chi connectivity index (χ3v) is 3.25. The molecule has 15 heavy (non-hydrogen) atoms. The van der Waals surface area contributed by atoms with Gasteiger partial charge in [-0.1, -0.05) is 0 Å². The Morgan fingerprint density at radius 3 is 2.00 bits per heavy atom. The summed E-state index contributed by atoms with van der Waals surface area (Å²) in [6.45, 7) is 2.76. The molecule has 0 aliphatic rings. The van der Waals surface area contributed by atoms with Crippen molar-refractivity contribution in [2.24, 2.45) is 0 Å². The molecule has 1 aromatic rings. The Bertz CT molecular complexity index is 359. The van der Waals surface area contributed by atoms with Crippen LogP contribution < -0.4 is 0 Å². The molecule has 80 valence electrons. The van der Waals surface area contributed by atoms with Gasteiger partial charge in [-0.15, -0.1) is 11.8 Å². The predicted molar refractivity (Wildman–Crippen MR) is 57.4 cm³/mol. The minimum absolute atomic E-state index is 0.183. The Kier molecular flexibility index (Phi) is 4.03. The van der Waals surface area contributed by atoms with Gasteiger partial charge in [0.05, 0.1) is 0 Å². The molecule has 0 saturated heterocycles. The first kappa shape index (κ1) is 11.9. The summed E-state index contributed by atoms with van der Waals surface area (Å²) in [6, 6.07) is 5.72. The van der Waals surface area contributed by atoms with Gasteiger partial charge in [-0.25, -0.2) is 4.39 Å². The first-order valence-corrected chi connectivity index (χ1v) is 5.32. The van der Waals surface area contributed by atoms with E-state index in [0.29, 0.717) is 4.90 Å². The molecule has 0 heterocycles. The number of Topliss-reactive ketones (excluding diaryl/α,β-unsaturated/α-hetero) is 2. The molecule has 0 bridgehead atoms. The lowest BCUT2D eigenvalue weighted by Crippen LogP contribution is -2.21. The lowest BCUT2D eigenvalue weighted by molar-refractivity contribution is -0.123. The van der Waals surface area contributed by atoms with Crippen LogP contribution in [0.2, 0.25) is 0 Å². The fourth-order valence-electron chi connectivity index (χ4n) is 1.10. The molecule has 0 fully saturated rings. The van der Waals surface area contributed by atoms with Crippen LogP contribution >= 0.6 is 11.8 Å². The van der Waals surface area contributed by atoms with Crippen molar-refractivity contribution in [2.75, 3.05) is 0 Å². The predicted octanol–water partition coefficient (Wildman–Crippen LogP) is 2.46. The third kappa shape index (κ3) is 3.47. The van der Waals surface area contributed by atoms with Gasteiger partial charge in [-0.3, -0.25) is 9.59 Å². The van der Waals surface area contributed by atoms with E-state index in [0.717, 1.165) is 11.8 Å². The van der Waals surface area contributed by atoms with E-state index in [4.69, 9.17) is 0 Å². The van der Waals surface area contributed by atoms with Gasteiger partial charge in [0.25, 0.3) is 0 Å². The lowest BCUT2D eigenvalue weighted by atomic mass is 10.2. The molecule has 0 saturated carbocycles. The first-order valence-electron chi connectivity index (χ1n) is 4.44. The summed E-state index contributed by atoms with van der Waals surface area (Å²) in [6.07, 6.45) is 0. The minimum atomic E-state index is -0.685. The summed E-state index contributed by atoms with van der Waals surface area (Å²) in [7, 11) is 0. The fraction of sp³-hybridized carbons (Fsp3) is 0.273. The van der Waals surface area contributed by atoms with E-state index in [9.17, 15) is 14.0 Å². The number of carbonyl (C=O) groups excluding carboxylic acids is 2. The van der Waals surface area contributed by atoms with Crippen molar-refractivity contribution in [3.63, 3.8) is 0 Å². The van der Waals surface area contributed by atoms with Gasteiger partial charge in [0.15, 0.2) is 11.6 Å². The number of halogens is 1. The van der Waals surface area contributed by atoms with Gasteiger partial charge in [-0.05, 0) is 38.1 Å². The second-order valence-electron chi connectivity index (χ2n) is 3.17. The van der Waals surface area contributed by atoms with Gasteiger partial charge in [0.2, 0.25) is 0 Å². The normalized spacial score (nSPS) is 10.4. The van der Waals surface area contributed by atoms with E-state index in [1.165, 1.54) is 26.0 Å². The van der Waals surface area contributed by atoms with Gasteiger partial charge in [0, 0.05) is 4.90 Å². The number of rotatable bonds is 4. The van der Waals surface area contributed by atoms with Crippen molar-refractivity contribution in [3.05, 3.63) is 30.1 Å². The van der Waals surface area contributed by atoms with Crippen molar-refractivity contribution in [2.45, 2.75) is 24.0 Å². The molecule has 4 heteroatoms. The van der Waals surface area contributed by atoms with Crippen molar-refractivity contribution in [3.8, 4) is 0 Å². The monoisotopic (exact) mass is 226 g/mol. The summed E-state index contributed by atoms with van der Waals surface area (Å²) < 4.78 is 12.6. The molecule has 2 nitrogen and oxygen atoms in total. The number of hydrogen-bond donors (Lipinski definition) is 0. The van der Waals surface area contributed by atoms with E-state index in [2.05, 4.69) is 0 Å². The molecule has 1 aromatic carbocycles. The minimum Gasteiger partial charge on any atom is -0.298 e. The van der Waals surface area contributed by atoms with Crippen LogP contribution in [0.25, 0.3) is 0 Å². The SMILES string of the molecule is CC(=O)C(Sc1ccc(F)cc1)C(C)=O. The molecule has 0 radical (unpaired) electrons. The molecule has 0 unspecified atom stereocenters. The molecule has 0 amide bonds. The number of carbonyl (C=O) groups is 2. The molecule has 1 rings (SSSR count). The van der Waals surface area contributed by atoms with Crippen LogP contribution in [0, 0.1) is 5.82 Å². The van der Waals surface area contributed by atoms with Crippen molar-refractivity contribution in [1.82, 2.24) is 0 Å². The smallest absolute Gasteiger partial charge is 0.150 e. The van der Waals surface area contributed by atoms with Gasteiger partial charge >= 0.3 is 0 Å². The third-order valence-electron chi connectivity index (χ3n) is 1.81. The van der Waals surface area contributed by atoms with Crippen molar-refractivity contribution >= 4 is 23.3 Å². The maximum Gasteiger partial charge on any atom is 0.150 e. The van der Waals surface area contributed by atoms with Crippen LogP contribution in [-0.4, -0.2) is 16.8 Å². The van der Waals surface area contributed by atoms with Gasteiger partial charge in [-0.2, -0.15) is 0 Å². The largest absolute Gasteiger partial charge is 0.298 e. The Balaban J connectivity index is 2.79. The summed E-state index contributed by atoms with van der Waals surface area (Å²) in [5.41, 5.74) is 0. The number of thioether (sulfide) groups is 1. The van der Waals surface area contributed by atoms with E-state index >= 15 is 0 Å². The summed E-state index contributed by atoms with van der Waals surface area (Å²) >= 11 is 1.15. The zero-order valence-corrected chi connectivity index (χ0v) is 9.31. The topological polar surface area (TPSA) is 34.1 Å². The number of hydrogen-bond acceptors (Lipinski definition) is 3. The van der Waals surface area contributed by atoms with Crippen molar-refractivity contribution in [1.29, 1.82) is 0 Å². The van der Waals surface area contributed by atoms with E-state index < -0.39 is 5.25 Å². The van der Waals surface area contributed by atoms with E-state index in [-0.39, 0.29) is 17.4 Å². The van der Waals surface area contributed by atoms with Crippen LogP contribution in [0.15, 0.2) is 29.2 Å². The zero-order chi connectivity index (χ0) is 11.4. The molecule has 0 aliphatic carbocycles. The van der Waals surface area contributed by atoms with Crippen LogP contribution in [0.1, 0.15) is 13.8 Å². The molecule has 0 N–H and O–H groups in total. The van der Waals surface area contributed by atoms with Crippen LogP contribution in [0.5, 0.6) is 0 Å². The number of benzene rings is 1. The van der Waals surface area contributed by atoms with Crippen LogP contribution in [0.4, 0.5) is 4.39 Å². The average Bonchev–Trinajstić information content (AvgIpc) is 2.15. The number of ketones is 2. The summed E-state index contributed by atoms with van der Waals surface area (Å²) in [4.78, 5) is 23.0. The lowest BCUT2D eigenvalue weighted by Gasteiger charge is -2.09. The van der Waals surface area contributed by atoms with Gasteiger partial charge < -0.3 is 0 Å². The van der Waals surface area contributed by atoms with Crippen molar-refractivity contribution < 1.29 is 14.0 Å². The quantitative estimate of drug-likeness (QED) is 0.584. The fourth-order valence-corrected chi connectivity index (χ4v) is 2.00. The van der Waals surface area contributed by atoms with E-state index in [1.54, 1.807) is 12.1 Å². The zero-order valence-electron chi connectivity index (χ0n) is 8.49. The van der Waals surface area contributed by atoms with Crippen LogP contribution in [-0.2, 0) is 9.59 Å². The Hall–Kier alpha value is -1.16.